The van der Waals surface area contributed by atoms with E-state index < -0.39 is 0 Å². The van der Waals surface area contributed by atoms with E-state index in [-0.39, 0.29) is 11.4 Å². The third kappa shape index (κ3) is 2.35. The van der Waals surface area contributed by atoms with Gasteiger partial charge in [-0.15, -0.1) is 11.6 Å². The topological polar surface area (TPSA) is 58.6 Å². The minimum atomic E-state index is -0.226. The molecule has 19 heavy (non-hydrogen) atoms. The smallest absolute Gasteiger partial charge is 0.251 e. The first-order valence-electron chi connectivity index (χ1n) is 5.78. The molecule has 1 aromatic carbocycles. The quantitative estimate of drug-likeness (QED) is 0.729. The molecule has 3 aromatic rings. The second kappa shape index (κ2) is 4.82. The number of benzene rings is 1. The lowest BCUT2D eigenvalue weighted by molar-refractivity contribution is 1.05. The number of fused-ring (bicyclic) bond motifs is 1. The van der Waals surface area contributed by atoms with E-state index in [0.717, 1.165) is 10.9 Å². The molecule has 4 nitrogen and oxygen atoms in total. The number of hydrogen-bond acceptors (Lipinski definition) is 3. The number of nitrogens with zero attached hydrogens (tertiary/aromatic N) is 2. The van der Waals surface area contributed by atoms with Gasteiger partial charge >= 0.3 is 0 Å². The first-order chi connectivity index (χ1) is 9.26. The summed E-state index contributed by atoms with van der Waals surface area (Å²) in [5, 5.41) is 1.04. The minimum absolute atomic E-state index is 0.199. The van der Waals surface area contributed by atoms with Gasteiger partial charge in [-0.1, -0.05) is 24.3 Å². The Balaban J connectivity index is 2.18. The van der Waals surface area contributed by atoms with Gasteiger partial charge in [0, 0.05) is 11.5 Å². The van der Waals surface area contributed by atoms with Crippen LogP contribution in [0.25, 0.3) is 22.4 Å². The molecule has 0 fully saturated rings. The van der Waals surface area contributed by atoms with E-state index in [1.807, 2.05) is 36.4 Å². The molecule has 2 aromatic heterocycles. The molecule has 2 heterocycles. The number of nitrogens with one attached hydrogen (secondary N) is 1. The average molecular weight is 272 g/mol. The van der Waals surface area contributed by atoms with Crippen LogP contribution in [-0.4, -0.2) is 15.0 Å². The first-order valence-corrected chi connectivity index (χ1v) is 6.32. The van der Waals surface area contributed by atoms with Crippen LogP contribution in [0.1, 0.15) is 5.69 Å². The van der Waals surface area contributed by atoms with E-state index >= 15 is 0 Å². The van der Waals surface area contributed by atoms with Gasteiger partial charge in [0.2, 0.25) is 0 Å². The van der Waals surface area contributed by atoms with Crippen LogP contribution < -0.4 is 5.56 Å². The number of H-pyrrole nitrogens is 1. The zero-order valence-corrected chi connectivity index (χ0v) is 10.7. The Morgan fingerprint density at radius 1 is 1.11 bits per heavy atom. The average Bonchev–Trinajstić information content (AvgIpc) is 2.46. The second-order valence-corrected chi connectivity index (χ2v) is 4.38. The van der Waals surface area contributed by atoms with Gasteiger partial charge in [-0.25, -0.2) is 9.97 Å². The maximum atomic E-state index is 11.5. The van der Waals surface area contributed by atoms with E-state index in [1.54, 1.807) is 0 Å². The maximum Gasteiger partial charge on any atom is 0.251 e. The van der Waals surface area contributed by atoms with Crippen molar-refractivity contribution in [3.63, 3.8) is 0 Å². The number of rotatable bonds is 2. The Bertz CT molecular complexity index is 798. The van der Waals surface area contributed by atoms with E-state index in [2.05, 4.69) is 15.0 Å². The van der Waals surface area contributed by atoms with Gasteiger partial charge in [0.1, 0.15) is 5.69 Å². The third-order valence-electron chi connectivity index (χ3n) is 2.77. The van der Waals surface area contributed by atoms with Crippen LogP contribution >= 0.6 is 11.6 Å². The van der Waals surface area contributed by atoms with Crippen molar-refractivity contribution >= 4 is 22.5 Å². The zero-order chi connectivity index (χ0) is 13.2. The van der Waals surface area contributed by atoms with E-state index in [0.29, 0.717) is 17.2 Å². The van der Waals surface area contributed by atoms with Crippen LogP contribution in [0.5, 0.6) is 0 Å². The van der Waals surface area contributed by atoms with Crippen molar-refractivity contribution in [3.8, 4) is 11.5 Å². The Morgan fingerprint density at radius 2 is 1.95 bits per heavy atom. The van der Waals surface area contributed by atoms with Gasteiger partial charge in [-0.3, -0.25) is 4.79 Å². The number of alkyl halides is 1. The van der Waals surface area contributed by atoms with Gasteiger partial charge in [-0.05, 0) is 12.1 Å². The molecule has 0 saturated heterocycles. The van der Waals surface area contributed by atoms with Gasteiger partial charge < -0.3 is 4.98 Å². The molecule has 0 aliphatic carbocycles. The maximum absolute atomic E-state index is 11.5. The van der Waals surface area contributed by atoms with E-state index in [4.69, 9.17) is 11.6 Å². The predicted molar refractivity (Wildman–Crippen MR) is 75.2 cm³/mol. The molecule has 0 aliphatic rings. The van der Waals surface area contributed by atoms with Crippen LogP contribution in [0.3, 0.4) is 0 Å². The third-order valence-corrected chi connectivity index (χ3v) is 3.05. The number of halogens is 1. The summed E-state index contributed by atoms with van der Waals surface area (Å²) in [6.45, 7) is 0. The lowest BCUT2D eigenvalue weighted by Crippen LogP contribution is -2.10. The fraction of sp³-hybridized carbons (Fsp3) is 0.0714. The van der Waals surface area contributed by atoms with E-state index in [9.17, 15) is 4.79 Å². The molecule has 0 radical (unpaired) electrons. The molecule has 1 N–H and O–H groups in total. The molecular weight excluding hydrogens is 262 g/mol. The Morgan fingerprint density at radius 3 is 2.79 bits per heavy atom. The highest BCUT2D eigenvalue weighted by atomic mass is 35.5. The van der Waals surface area contributed by atoms with Crippen molar-refractivity contribution in [2.75, 3.05) is 0 Å². The van der Waals surface area contributed by atoms with Crippen molar-refractivity contribution in [1.82, 2.24) is 15.0 Å². The normalized spacial score (nSPS) is 10.8. The SMILES string of the molecule is O=c1cc(CCl)nc(-c2ccc3ccccc3n2)[nH]1. The highest BCUT2D eigenvalue weighted by Crippen LogP contribution is 2.17. The monoisotopic (exact) mass is 271 g/mol. The highest BCUT2D eigenvalue weighted by molar-refractivity contribution is 6.16. The van der Waals surface area contributed by atoms with Gasteiger partial charge in [0.25, 0.3) is 5.56 Å². The molecule has 0 amide bonds. The number of para-hydroxylation sites is 1. The molecular formula is C14H10ClN3O. The Kier molecular flexibility index (Phi) is 3.01. The summed E-state index contributed by atoms with van der Waals surface area (Å²) >= 11 is 5.72. The van der Waals surface area contributed by atoms with Crippen LogP contribution in [0.4, 0.5) is 0 Å². The molecule has 0 atom stereocenters. The summed E-state index contributed by atoms with van der Waals surface area (Å²) < 4.78 is 0. The zero-order valence-electron chi connectivity index (χ0n) is 9.93. The summed E-state index contributed by atoms with van der Waals surface area (Å²) in [6.07, 6.45) is 0. The fourth-order valence-electron chi connectivity index (χ4n) is 1.90. The molecule has 0 bridgehead atoms. The summed E-state index contributed by atoms with van der Waals surface area (Å²) in [7, 11) is 0. The van der Waals surface area contributed by atoms with Gasteiger partial charge in [0.15, 0.2) is 5.82 Å². The van der Waals surface area contributed by atoms with Crippen LogP contribution in [0, 0.1) is 0 Å². The van der Waals surface area contributed by atoms with Gasteiger partial charge in [-0.2, -0.15) is 0 Å². The molecule has 3 rings (SSSR count). The van der Waals surface area contributed by atoms with Crippen molar-refractivity contribution in [2.45, 2.75) is 5.88 Å². The number of pyridine rings is 1. The molecule has 0 saturated carbocycles. The molecule has 5 heteroatoms. The predicted octanol–water partition coefficient (Wildman–Crippen LogP) is 2.72. The standard InChI is InChI=1S/C14H10ClN3O/c15-8-10-7-13(19)18-14(16-10)12-6-5-9-3-1-2-4-11(9)17-12/h1-7H,8H2,(H,16,18,19). The Hall–Kier alpha value is -2.20. The number of hydrogen-bond donors (Lipinski definition) is 1. The van der Waals surface area contributed by atoms with Crippen molar-refractivity contribution in [1.29, 1.82) is 0 Å². The largest absolute Gasteiger partial charge is 0.305 e. The lowest BCUT2D eigenvalue weighted by atomic mass is 10.2. The lowest BCUT2D eigenvalue weighted by Gasteiger charge is -2.03. The molecule has 0 spiro atoms. The summed E-state index contributed by atoms with van der Waals surface area (Å²) in [5.74, 6) is 0.638. The first kappa shape index (κ1) is 11.9. The fourth-order valence-corrected chi connectivity index (χ4v) is 2.03. The summed E-state index contributed by atoms with van der Waals surface area (Å²) in [4.78, 5) is 23.0. The summed E-state index contributed by atoms with van der Waals surface area (Å²) in [5.41, 5.74) is 1.80. The molecule has 0 aliphatic heterocycles. The molecule has 94 valence electrons. The van der Waals surface area contributed by atoms with Crippen LogP contribution in [0.2, 0.25) is 0 Å². The van der Waals surface area contributed by atoms with Crippen molar-refractivity contribution < 1.29 is 0 Å². The number of aromatic amines is 1. The van der Waals surface area contributed by atoms with Gasteiger partial charge in [0.05, 0.1) is 17.1 Å². The van der Waals surface area contributed by atoms with Crippen molar-refractivity contribution in [2.24, 2.45) is 0 Å². The Labute approximate surface area is 114 Å². The van der Waals surface area contributed by atoms with Crippen LogP contribution in [-0.2, 0) is 5.88 Å². The van der Waals surface area contributed by atoms with Crippen molar-refractivity contribution in [3.05, 3.63) is 58.5 Å². The molecule has 0 unspecified atom stereocenters. The van der Waals surface area contributed by atoms with E-state index in [1.165, 1.54) is 6.07 Å². The number of aromatic nitrogens is 3. The minimum Gasteiger partial charge on any atom is -0.305 e. The van der Waals surface area contributed by atoms with Crippen LogP contribution in [0.15, 0.2) is 47.3 Å². The summed E-state index contributed by atoms with van der Waals surface area (Å²) in [6, 6.07) is 12.9. The highest BCUT2D eigenvalue weighted by Gasteiger charge is 2.06. The second-order valence-electron chi connectivity index (χ2n) is 4.11.